The molecule has 0 saturated heterocycles. The summed E-state index contributed by atoms with van der Waals surface area (Å²) in [6.45, 7) is 16.6. The van der Waals surface area contributed by atoms with E-state index in [-0.39, 0.29) is 17.5 Å². The molecule has 1 atom stereocenters. The van der Waals surface area contributed by atoms with E-state index >= 15 is 0 Å². The van der Waals surface area contributed by atoms with Crippen molar-refractivity contribution in [3.63, 3.8) is 0 Å². The standard InChI is InChI=1S/C18H30FNO2SSi/c1-17(2,3)23(21)20-16(14-10-9-11-15(19)12-14)13-22-24(7,8)18(4,5)6/h9-12H,13H2,1-8H3/b20-16-/t23-/m1/s1. The lowest BCUT2D eigenvalue weighted by molar-refractivity contribution is 0.340. The van der Waals surface area contributed by atoms with Gasteiger partial charge in [0.05, 0.1) is 17.1 Å². The average molecular weight is 372 g/mol. The number of benzene rings is 1. The Morgan fingerprint density at radius 3 is 2.25 bits per heavy atom. The minimum atomic E-state index is -1.98. The minimum Gasteiger partial charge on any atom is -0.411 e. The molecule has 0 amide bonds. The third kappa shape index (κ3) is 5.90. The van der Waals surface area contributed by atoms with Gasteiger partial charge < -0.3 is 4.43 Å². The molecule has 0 spiro atoms. The molecule has 6 heteroatoms. The maximum Gasteiger partial charge on any atom is 0.192 e. The fraction of sp³-hybridized carbons (Fsp3) is 0.611. The van der Waals surface area contributed by atoms with Gasteiger partial charge >= 0.3 is 0 Å². The molecule has 0 heterocycles. The lowest BCUT2D eigenvalue weighted by Gasteiger charge is -2.36. The number of nitrogens with zero attached hydrogens (tertiary/aromatic N) is 1. The van der Waals surface area contributed by atoms with Gasteiger partial charge in [0.15, 0.2) is 8.32 Å². The smallest absolute Gasteiger partial charge is 0.192 e. The largest absolute Gasteiger partial charge is 0.411 e. The van der Waals surface area contributed by atoms with Crippen LogP contribution in [-0.4, -0.2) is 29.6 Å². The molecule has 0 fully saturated rings. The van der Waals surface area contributed by atoms with Gasteiger partial charge in [-0.3, -0.25) is 0 Å². The van der Waals surface area contributed by atoms with Crippen molar-refractivity contribution in [2.45, 2.75) is 64.4 Å². The molecule has 1 aromatic rings. The zero-order chi connectivity index (χ0) is 18.8. The van der Waals surface area contributed by atoms with Crippen LogP contribution in [0.4, 0.5) is 4.39 Å². The molecule has 0 N–H and O–H groups in total. The van der Waals surface area contributed by atoms with E-state index < -0.39 is 24.1 Å². The Morgan fingerprint density at radius 1 is 1.21 bits per heavy atom. The molecule has 0 bridgehead atoms. The van der Waals surface area contributed by atoms with Crippen LogP contribution >= 0.6 is 0 Å². The summed E-state index contributed by atoms with van der Waals surface area (Å²) in [6.07, 6.45) is 0. The van der Waals surface area contributed by atoms with E-state index in [2.05, 4.69) is 38.3 Å². The van der Waals surface area contributed by atoms with Gasteiger partial charge in [-0.05, 0) is 51.0 Å². The van der Waals surface area contributed by atoms with E-state index in [0.29, 0.717) is 11.3 Å². The zero-order valence-electron chi connectivity index (χ0n) is 16.1. The summed E-state index contributed by atoms with van der Waals surface area (Å²) < 4.78 is 36.1. The SMILES string of the molecule is CC(C)(C)[S@@](=O)/N=C(/CO[Si](C)(C)C(C)(C)C)c1cccc(F)c1. The molecule has 3 nitrogen and oxygen atoms in total. The molecule has 0 saturated carbocycles. The molecule has 1 rings (SSSR count). The summed E-state index contributed by atoms with van der Waals surface area (Å²) in [4.78, 5) is 0. The zero-order valence-corrected chi connectivity index (χ0v) is 17.9. The van der Waals surface area contributed by atoms with Crippen molar-refractivity contribution in [1.82, 2.24) is 0 Å². The lowest BCUT2D eigenvalue weighted by atomic mass is 10.1. The van der Waals surface area contributed by atoms with Crippen LogP contribution in [0.1, 0.15) is 47.1 Å². The van der Waals surface area contributed by atoms with Crippen molar-refractivity contribution in [3.05, 3.63) is 35.6 Å². The van der Waals surface area contributed by atoms with E-state index in [1.165, 1.54) is 12.1 Å². The molecule has 136 valence electrons. The van der Waals surface area contributed by atoms with Crippen LogP contribution in [0.3, 0.4) is 0 Å². The first-order valence-electron chi connectivity index (χ1n) is 8.13. The second-order valence-corrected chi connectivity index (χ2v) is 15.2. The van der Waals surface area contributed by atoms with E-state index in [0.717, 1.165) is 0 Å². The van der Waals surface area contributed by atoms with Crippen LogP contribution < -0.4 is 0 Å². The van der Waals surface area contributed by atoms with Crippen LogP contribution in [-0.2, 0) is 15.4 Å². The fourth-order valence-corrected chi connectivity index (χ4v) is 3.10. The van der Waals surface area contributed by atoms with Crippen molar-refractivity contribution in [1.29, 1.82) is 0 Å². The highest BCUT2D eigenvalue weighted by Crippen LogP contribution is 2.36. The number of rotatable bonds is 5. The Labute approximate surface area is 149 Å². The molecule has 0 unspecified atom stereocenters. The molecule has 0 aliphatic rings. The lowest BCUT2D eigenvalue weighted by Crippen LogP contribution is -2.42. The van der Waals surface area contributed by atoms with Gasteiger partial charge in [0.2, 0.25) is 0 Å². The third-order valence-corrected chi connectivity index (χ3v) is 10.2. The predicted octanol–water partition coefficient (Wildman–Crippen LogP) is 5.10. The molecule has 0 aromatic heterocycles. The van der Waals surface area contributed by atoms with Gasteiger partial charge in [-0.2, -0.15) is 4.40 Å². The number of hydrogen-bond acceptors (Lipinski definition) is 2. The summed E-state index contributed by atoms with van der Waals surface area (Å²) in [6, 6.07) is 6.20. The van der Waals surface area contributed by atoms with Gasteiger partial charge in [-0.15, -0.1) is 0 Å². The van der Waals surface area contributed by atoms with Crippen molar-refractivity contribution in [2.75, 3.05) is 6.61 Å². The third-order valence-electron chi connectivity index (χ3n) is 4.25. The molecule has 0 aliphatic carbocycles. The van der Waals surface area contributed by atoms with Gasteiger partial charge in [0.25, 0.3) is 0 Å². The number of hydrogen-bond donors (Lipinski definition) is 0. The number of halogens is 1. The summed E-state index contributed by atoms with van der Waals surface area (Å²) in [7, 11) is -3.41. The maximum atomic E-state index is 13.6. The highest BCUT2D eigenvalue weighted by molar-refractivity contribution is 7.85. The first-order chi connectivity index (χ1) is 10.7. The minimum absolute atomic E-state index is 0.0588. The summed E-state index contributed by atoms with van der Waals surface area (Å²) in [5, 5.41) is 0.0588. The molecule has 1 aromatic carbocycles. The molecule has 24 heavy (non-hydrogen) atoms. The Kier molecular flexibility index (Phi) is 6.69. The Bertz CT molecular complexity index is 631. The average Bonchev–Trinajstić information content (AvgIpc) is 2.40. The first-order valence-corrected chi connectivity index (χ1v) is 12.1. The van der Waals surface area contributed by atoms with Gasteiger partial charge in [-0.1, -0.05) is 32.9 Å². The highest BCUT2D eigenvalue weighted by atomic mass is 32.2. The van der Waals surface area contributed by atoms with Crippen LogP contribution in [0.15, 0.2) is 28.7 Å². The monoisotopic (exact) mass is 371 g/mol. The van der Waals surface area contributed by atoms with Crippen LogP contribution in [0.2, 0.25) is 18.1 Å². The highest BCUT2D eigenvalue weighted by Gasteiger charge is 2.37. The molecular formula is C18H30FNO2SSi. The van der Waals surface area contributed by atoms with Crippen molar-refractivity contribution in [2.24, 2.45) is 4.40 Å². The predicted molar refractivity (Wildman–Crippen MR) is 104 cm³/mol. The van der Waals surface area contributed by atoms with Gasteiger partial charge in [0, 0.05) is 5.56 Å². The van der Waals surface area contributed by atoms with Gasteiger partial charge in [-0.25, -0.2) is 8.60 Å². The van der Waals surface area contributed by atoms with E-state index in [1.54, 1.807) is 12.1 Å². The maximum absolute atomic E-state index is 13.6. The van der Waals surface area contributed by atoms with Crippen LogP contribution in [0.25, 0.3) is 0 Å². The van der Waals surface area contributed by atoms with E-state index in [4.69, 9.17) is 4.43 Å². The summed E-state index contributed by atoms with van der Waals surface area (Å²) >= 11 is 0. The molecule has 0 radical (unpaired) electrons. The molecular weight excluding hydrogens is 341 g/mol. The Hall–Kier alpha value is -0.853. The summed E-state index contributed by atoms with van der Waals surface area (Å²) in [5.41, 5.74) is 1.15. The van der Waals surface area contributed by atoms with Crippen LogP contribution in [0.5, 0.6) is 0 Å². The van der Waals surface area contributed by atoms with Crippen molar-refractivity contribution >= 4 is 25.0 Å². The Morgan fingerprint density at radius 2 is 1.79 bits per heavy atom. The summed E-state index contributed by atoms with van der Waals surface area (Å²) in [5.74, 6) is -0.339. The normalized spacial score (nSPS) is 15.5. The second-order valence-electron chi connectivity index (χ2n) is 8.46. The first kappa shape index (κ1) is 21.2. The van der Waals surface area contributed by atoms with E-state index in [1.807, 2.05) is 20.8 Å². The quantitative estimate of drug-likeness (QED) is 0.533. The molecule has 0 aliphatic heterocycles. The van der Waals surface area contributed by atoms with Gasteiger partial charge in [0.1, 0.15) is 16.8 Å². The van der Waals surface area contributed by atoms with Crippen LogP contribution in [0, 0.1) is 5.82 Å². The van der Waals surface area contributed by atoms with E-state index in [9.17, 15) is 8.60 Å². The second kappa shape index (κ2) is 7.58. The Balaban J connectivity index is 3.16. The van der Waals surface area contributed by atoms with Crippen molar-refractivity contribution in [3.8, 4) is 0 Å². The topological polar surface area (TPSA) is 38.7 Å². The van der Waals surface area contributed by atoms with Crippen molar-refractivity contribution < 1.29 is 13.0 Å². The fourth-order valence-electron chi connectivity index (χ4n) is 1.53.